The van der Waals surface area contributed by atoms with Gasteiger partial charge in [-0.05, 0) is 22.9 Å². The van der Waals surface area contributed by atoms with Gasteiger partial charge in [0.05, 0.1) is 6.26 Å². The number of sulfone groups is 1. The highest BCUT2D eigenvalue weighted by Gasteiger charge is 2.31. The zero-order chi connectivity index (χ0) is 14.8. The molecule has 0 aliphatic carbocycles. The summed E-state index contributed by atoms with van der Waals surface area (Å²) in [5, 5.41) is 2.55. The molecule has 0 aliphatic rings. The van der Waals surface area contributed by atoms with Crippen LogP contribution < -0.4 is 4.72 Å². The van der Waals surface area contributed by atoms with E-state index in [4.69, 9.17) is 0 Å². The number of sulfonamides is 1. The van der Waals surface area contributed by atoms with E-state index in [1.54, 1.807) is 29.0 Å². The van der Waals surface area contributed by atoms with Crippen molar-refractivity contribution >= 4 is 42.5 Å². The van der Waals surface area contributed by atoms with Crippen LogP contribution in [-0.2, 0) is 19.9 Å². The van der Waals surface area contributed by atoms with Crippen LogP contribution in [0.25, 0.3) is 0 Å². The second kappa shape index (κ2) is 5.94. The molecule has 2 rings (SSSR count). The van der Waals surface area contributed by atoms with Gasteiger partial charge in [0, 0.05) is 11.4 Å². The van der Waals surface area contributed by atoms with Crippen LogP contribution in [0.2, 0.25) is 0 Å². The molecule has 2 aromatic heterocycles. The van der Waals surface area contributed by atoms with Crippen molar-refractivity contribution in [1.82, 2.24) is 4.72 Å². The molecule has 20 heavy (non-hydrogen) atoms. The standard InChI is InChI=1S/C11H13NO4S4/c1-19(13,14)12-8-10(9-4-2-6-17-9)20(15,16)11-5-3-7-18-11/h2-7,10,12H,8H2,1H3. The molecule has 0 aromatic carbocycles. The topological polar surface area (TPSA) is 80.3 Å². The monoisotopic (exact) mass is 351 g/mol. The molecule has 0 bridgehead atoms. The van der Waals surface area contributed by atoms with Gasteiger partial charge in [0.15, 0.2) is 9.84 Å². The van der Waals surface area contributed by atoms with Gasteiger partial charge in [-0.25, -0.2) is 21.6 Å². The molecule has 1 unspecified atom stereocenters. The fraction of sp³-hybridized carbons (Fsp3) is 0.273. The van der Waals surface area contributed by atoms with Gasteiger partial charge < -0.3 is 0 Å². The van der Waals surface area contributed by atoms with Gasteiger partial charge in [0.25, 0.3) is 0 Å². The van der Waals surface area contributed by atoms with Crippen molar-refractivity contribution < 1.29 is 16.8 Å². The number of thiophene rings is 2. The van der Waals surface area contributed by atoms with Gasteiger partial charge in [0.2, 0.25) is 10.0 Å². The first-order valence-electron chi connectivity index (χ1n) is 5.56. The molecule has 110 valence electrons. The third kappa shape index (κ3) is 3.67. The van der Waals surface area contributed by atoms with Crippen LogP contribution in [0.15, 0.2) is 39.2 Å². The van der Waals surface area contributed by atoms with Crippen LogP contribution >= 0.6 is 22.7 Å². The predicted octanol–water partition coefficient (Wildman–Crippen LogP) is 1.87. The minimum atomic E-state index is -3.60. The highest BCUT2D eigenvalue weighted by Crippen LogP contribution is 2.33. The first-order valence-corrected chi connectivity index (χ1v) is 10.8. The zero-order valence-electron chi connectivity index (χ0n) is 10.5. The van der Waals surface area contributed by atoms with E-state index in [0.717, 1.165) is 17.6 Å². The van der Waals surface area contributed by atoms with Crippen molar-refractivity contribution in [2.24, 2.45) is 0 Å². The molecule has 0 fully saturated rings. The average molecular weight is 351 g/mol. The lowest BCUT2D eigenvalue weighted by atomic mass is 10.3. The molecule has 9 heteroatoms. The number of hydrogen-bond acceptors (Lipinski definition) is 6. The van der Waals surface area contributed by atoms with E-state index in [2.05, 4.69) is 4.72 Å². The summed E-state index contributed by atoms with van der Waals surface area (Å²) in [7, 11) is -7.05. The summed E-state index contributed by atoms with van der Waals surface area (Å²) in [5.74, 6) is 0. The van der Waals surface area contributed by atoms with Crippen molar-refractivity contribution in [3.8, 4) is 0 Å². The maximum absolute atomic E-state index is 12.6. The van der Waals surface area contributed by atoms with E-state index in [0.29, 0.717) is 4.88 Å². The zero-order valence-corrected chi connectivity index (χ0v) is 13.8. The fourth-order valence-corrected chi connectivity index (χ4v) is 6.19. The Morgan fingerprint density at radius 2 is 1.75 bits per heavy atom. The van der Waals surface area contributed by atoms with Gasteiger partial charge in [-0.2, -0.15) is 0 Å². The second-order valence-electron chi connectivity index (χ2n) is 4.10. The Morgan fingerprint density at radius 1 is 1.10 bits per heavy atom. The minimum absolute atomic E-state index is 0.167. The van der Waals surface area contributed by atoms with Gasteiger partial charge in [0.1, 0.15) is 9.46 Å². The van der Waals surface area contributed by atoms with Gasteiger partial charge in [-0.1, -0.05) is 12.1 Å². The highest BCUT2D eigenvalue weighted by molar-refractivity contribution is 7.94. The molecule has 0 saturated carbocycles. The quantitative estimate of drug-likeness (QED) is 0.861. The summed E-state index contributed by atoms with van der Waals surface area (Å²) in [4.78, 5) is 0.620. The Bertz CT molecular complexity index is 745. The molecule has 1 atom stereocenters. The van der Waals surface area contributed by atoms with E-state index >= 15 is 0 Å². The lowest BCUT2D eigenvalue weighted by Crippen LogP contribution is -2.30. The molecule has 0 saturated heterocycles. The summed E-state index contributed by atoms with van der Waals surface area (Å²) in [6, 6.07) is 6.63. The van der Waals surface area contributed by atoms with E-state index in [1.807, 2.05) is 0 Å². The normalized spacial score (nSPS) is 14.2. The van der Waals surface area contributed by atoms with Crippen LogP contribution in [-0.4, -0.2) is 29.6 Å². The van der Waals surface area contributed by atoms with E-state index in [9.17, 15) is 16.8 Å². The van der Waals surface area contributed by atoms with Crippen LogP contribution in [0.1, 0.15) is 10.1 Å². The molecule has 0 aliphatic heterocycles. The number of hydrogen-bond donors (Lipinski definition) is 1. The molecule has 2 heterocycles. The second-order valence-corrected chi connectivity index (χ2v) is 10.2. The van der Waals surface area contributed by atoms with Crippen molar-refractivity contribution in [3.63, 3.8) is 0 Å². The summed E-state index contributed by atoms with van der Waals surface area (Å²) in [6.07, 6.45) is 1.01. The van der Waals surface area contributed by atoms with E-state index in [1.165, 1.54) is 17.4 Å². The Morgan fingerprint density at radius 3 is 2.25 bits per heavy atom. The van der Waals surface area contributed by atoms with Crippen LogP contribution in [0.3, 0.4) is 0 Å². The van der Waals surface area contributed by atoms with Crippen molar-refractivity contribution in [2.75, 3.05) is 12.8 Å². The third-order valence-corrected chi connectivity index (χ3v) is 7.88. The highest BCUT2D eigenvalue weighted by atomic mass is 32.2. The molecular weight excluding hydrogens is 338 g/mol. The maximum atomic E-state index is 12.6. The van der Waals surface area contributed by atoms with E-state index in [-0.39, 0.29) is 10.8 Å². The molecule has 2 aromatic rings. The molecule has 5 nitrogen and oxygen atoms in total. The third-order valence-electron chi connectivity index (χ3n) is 2.54. The minimum Gasteiger partial charge on any atom is -0.222 e. The van der Waals surface area contributed by atoms with Gasteiger partial charge in [-0.15, -0.1) is 22.7 Å². The Labute approximate surface area is 126 Å². The SMILES string of the molecule is CS(=O)(=O)NCC(c1cccs1)S(=O)(=O)c1cccs1. The molecular formula is C11H13NO4S4. The molecule has 1 N–H and O–H groups in total. The smallest absolute Gasteiger partial charge is 0.208 e. The van der Waals surface area contributed by atoms with Gasteiger partial charge >= 0.3 is 0 Å². The fourth-order valence-electron chi connectivity index (χ4n) is 1.63. The van der Waals surface area contributed by atoms with E-state index < -0.39 is 25.1 Å². The number of rotatable bonds is 6. The van der Waals surface area contributed by atoms with Crippen molar-refractivity contribution in [3.05, 3.63) is 39.9 Å². The first kappa shape index (κ1) is 15.6. The predicted molar refractivity (Wildman–Crippen MR) is 81.4 cm³/mol. The maximum Gasteiger partial charge on any atom is 0.208 e. The van der Waals surface area contributed by atoms with Crippen LogP contribution in [0.4, 0.5) is 0 Å². The Kier molecular flexibility index (Phi) is 4.65. The molecule has 0 radical (unpaired) electrons. The summed E-state index contributed by atoms with van der Waals surface area (Å²) < 4.78 is 50.1. The summed E-state index contributed by atoms with van der Waals surface area (Å²) in [5.41, 5.74) is 0. The molecule has 0 amide bonds. The van der Waals surface area contributed by atoms with Crippen LogP contribution in [0, 0.1) is 0 Å². The Hall–Kier alpha value is -0.740. The summed E-state index contributed by atoms with van der Waals surface area (Å²) in [6.45, 7) is -0.167. The molecule has 0 spiro atoms. The lowest BCUT2D eigenvalue weighted by molar-refractivity contribution is 0.574. The lowest BCUT2D eigenvalue weighted by Gasteiger charge is -2.15. The number of nitrogens with one attached hydrogen (secondary N) is 1. The Balaban J connectivity index is 2.37. The summed E-state index contributed by atoms with van der Waals surface area (Å²) >= 11 is 2.42. The van der Waals surface area contributed by atoms with Crippen molar-refractivity contribution in [2.45, 2.75) is 9.46 Å². The largest absolute Gasteiger partial charge is 0.222 e. The van der Waals surface area contributed by atoms with Crippen molar-refractivity contribution in [1.29, 1.82) is 0 Å². The van der Waals surface area contributed by atoms with Gasteiger partial charge in [-0.3, -0.25) is 0 Å². The average Bonchev–Trinajstić information content (AvgIpc) is 3.00. The van der Waals surface area contributed by atoms with Crippen LogP contribution in [0.5, 0.6) is 0 Å². The first-order chi connectivity index (χ1) is 9.31.